The minimum absolute atomic E-state index is 0.194. The van der Waals surface area contributed by atoms with Gasteiger partial charge in [0.25, 0.3) is 0 Å². The highest BCUT2D eigenvalue weighted by Gasteiger charge is 2.60. The van der Waals surface area contributed by atoms with E-state index in [1.165, 1.54) is 44.1 Å². The van der Waals surface area contributed by atoms with Crippen LogP contribution in [0, 0.1) is 16.7 Å². The molecule has 2 atom stereocenters. The molecule has 0 amide bonds. The van der Waals surface area contributed by atoms with E-state index in [0.29, 0.717) is 16.6 Å². The van der Waals surface area contributed by atoms with Crippen LogP contribution in [0.25, 0.3) is 0 Å². The summed E-state index contributed by atoms with van der Waals surface area (Å²) in [7, 11) is 1.65. The van der Waals surface area contributed by atoms with Gasteiger partial charge in [-0.2, -0.15) is 0 Å². The van der Waals surface area contributed by atoms with Crippen molar-refractivity contribution in [3.8, 4) is 11.5 Å². The summed E-state index contributed by atoms with van der Waals surface area (Å²) in [6.07, 6.45) is 7.90. The highest BCUT2D eigenvalue weighted by Crippen LogP contribution is 2.70. The summed E-state index contributed by atoms with van der Waals surface area (Å²) in [6.45, 7) is 4.95. The molecule has 2 heteroatoms. The van der Waals surface area contributed by atoms with Gasteiger partial charge in [-0.05, 0) is 61.3 Å². The summed E-state index contributed by atoms with van der Waals surface area (Å²) in [5, 5.41) is 10.6. The number of benzene rings is 1. The molecule has 0 spiro atoms. The Labute approximate surface area is 127 Å². The first-order valence-electron chi connectivity index (χ1n) is 8.23. The summed E-state index contributed by atoms with van der Waals surface area (Å²) in [6, 6.07) is 5.92. The third-order valence-corrected chi connectivity index (χ3v) is 6.40. The van der Waals surface area contributed by atoms with Gasteiger partial charge in [0.2, 0.25) is 0 Å². The van der Waals surface area contributed by atoms with Crippen molar-refractivity contribution in [2.75, 3.05) is 7.11 Å². The van der Waals surface area contributed by atoms with Gasteiger partial charge in [0.15, 0.2) is 0 Å². The molecule has 0 aliphatic heterocycles. The van der Waals surface area contributed by atoms with Gasteiger partial charge >= 0.3 is 0 Å². The maximum atomic E-state index is 10.6. The zero-order valence-electron chi connectivity index (χ0n) is 13.4. The van der Waals surface area contributed by atoms with Crippen LogP contribution in [0.4, 0.5) is 0 Å². The molecule has 2 unspecified atom stereocenters. The van der Waals surface area contributed by atoms with Crippen LogP contribution in [0.1, 0.15) is 57.9 Å². The van der Waals surface area contributed by atoms with Crippen LogP contribution in [0.15, 0.2) is 18.2 Å². The second-order valence-electron chi connectivity index (χ2n) is 8.79. The SMILES string of the molecule is COc1ccc(C23CC4CC(C)(CC(C)(C4)C2)C3)c(O)c1. The van der Waals surface area contributed by atoms with Crippen LogP contribution < -0.4 is 4.74 Å². The minimum atomic E-state index is 0.194. The Balaban J connectivity index is 1.81. The predicted molar refractivity (Wildman–Crippen MR) is 83.7 cm³/mol. The van der Waals surface area contributed by atoms with Gasteiger partial charge in [0.1, 0.15) is 11.5 Å². The Morgan fingerprint density at radius 3 is 2.24 bits per heavy atom. The first-order chi connectivity index (χ1) is 9.85. The maximum absolute atomic E-state index is 10.6. The van der Waals surface area contributed by atoms with Gasteiger partial charge in [-0.25, -0.2) is 0 Å². The molecule has 1 aromatic carbocycles. The fraction of sp³-hybridized carbons (Fsp3) is 0.684. The number of phenols is 1. The van der Waals surface area contributed by atoms with Crippen molar-refractivity contribution < 1.29 is 9.84 Å². The van der Waals surface area contributed by atoms with Crippen LogP contribution in [0.5, 0.6) is 11.5 Å². The van der Waals surface area contributed by atoms with Crippen LogP contribution in [0.2, 0.25) is 0 Å². The second kappa shape index (κ2) is 3.97. The zero-order valence-corrected chi connectivity index (χ0v) is 13.4. The van der Waals surface area contributed by atoms with E-state index in [0.717, 1.165) is 11.7 Å². The number of methoxy groups -OCH3 is 1. The number of rotatable bonds is 2. The van der Waals surface area contributed by atoms with Crippen LogP contribution in [0.3, 0.4) is 0 Å². The van der Waals surface area contributed by atoms with E-state index < -0.39 is 0 Å². The minimum Gasteiger partial charge on any atom is -0.508 e. The summed E-state index contributed by atoms with van der Waals surface area (Å²) in [4.78, 5) is 0. The molecule has 0 heterocycles. The van der Waals surface area contributed by atoms with Crippen molar-refractivity contribution in [3.63, 3.8) is 0 Å². The van der Waals surface area contributed by atoms with Crippen LogP contribution in [-0.2, 0) is 5.41 Å². The second-order valence-corrected chi connectivity index (χ2v) is 8.79. The van der Waals surface area contributed by atoms with Crippen LogP contribution in [-0.4, -0.2) is 12.2 Å². The van der Waals surface area contributed by atoms with Crippen molar-refractivity contribution in [2.24, 2.45) is 16.7 Å². The molecule has 0 aromatic heterocycles. The lowest BCUT2D eigenvalue weighted by Gasteiger charge is -2.65. The van der Waals surface area contributed by atoms with Gasteiger partial charge < -0.3 is 9.84 Å². The van der Waals surface area contributed by atoms with E-state index >= 15 is 0 Å². The lowest BCUT2D eigenvalue weighted by molar-refractivity contribution is -0.110. The predicted octanol–water partition coefficient (Wildman–Crippen LogP) is 4.65. The molecule has 1 N–H and O–H groups in total. The largest absolute Gasteiger partial charge is 0.508 e. The normalized spacial score (nSPS) is 44.0. The third-order valence-electron chi connectivity index (χ3n) is 6.40. The molecule has 0 radical (unpaired) electrons. The Hall–Kier alpha value is -1.18. The average molecular weight is 286 g/mol. The van der Waals surface area contributed by atoms with Crippen molar-refractivity contribution in [1.82, 2.24) is 0 Å². The quantitative estimate of drug-likeness (QED) is 0.857. The van der Waals surface area contributed by atoms with E-state index in [-0.39, 0.29) is 5.41 Å². The van der Waals surface area contributed by atoms with Crippen molar-refractivity contribution in [2.45, 2.75) is 57.8 Å². The number of aromatic hydroxyl groups is 1. The first-order valence-corrected chi connectivity index (χ1v) is 8.23. The molecule has 21 heavy (non-hydrogen) atoms. The van der Waals surface area contributed by atoms with Gasteiger partial charge in [-0.1, -0.05) is 19.9 Å². The summed E-state index contributed by atoms with van der Waals surface area (Å²) >= 11 is 0. The van der Waals surface area contributed by atoms with Gasteiger partial charge in [-0.15, -0.1) is 0 Å². The Morgan fingerprint density at radius 1 is 1.05 bits per heavy atom. The number of hydrogen-bond donors (Lipinski definition) is 1. The van der Waals surface area contributed by atoms with Crippen molar-refractivity contribution in [3.05, 3.63) is 23.8 Å². The van der Waals surface area contributed by atoms with E-state index in [2.05, 4.69) is 19.9 Å². The molecule has 0 saturated heterocycles. The molecule has 4 saturated carbocycles. The monoisotopic (exact) mass is 286 g/mol. The molecular weight excluding hydrogens is 260 g/mol. The van der Waals surface area contributed by atoms with Gasteiger partial charge in [0.05, 0.1) is 7.11 Å². The lowest BCUT2D eigenvalue weighted by atomic mass is 9.39. The summed E-state index contributed by atoms with van der Waals surface area (Å²) < 4.78 is 5.25. The highest BCUT2D eigenvalue weighted by atomic mass is 16.5. The summed E-state index contributed by atoms with van der Waals surface area (Å²) in [5.74, 6) is 2.03. The first kappa shape index (κ1) is 13.5. The topological polar surface area (TPSA) is 29.5 Å². The van der Waals surface area contributed by atoms with Crippen molar-refractivity contribution in [1.29, 1.82) is 0 Å². The van der Waals surface area contributed by atoms with Crippen LogP contribution >= 0.6 is 0 Å². The maximum Gasteiger partial charge on any atom is 0.123 e. The van der Waals surface area contributed by atoms with E-state index in [1.54, 1.807) is 13.2 Å². The Morgan fingerprint density at radius 2 is 1.71 bits per heavy atom. The Bertz CT molecular complexity index is 573. The molecule has 4 fully saturated rings. The molecule has 1 aromatic rings. The smallest absolute Gasteiger partial charge is 0.123 e. The molecule has 5 rings (SSSR count). The van der Waals surface area contributed by atoms with Gasteiger partial charge in [0, 0.05) is 17.0 Å². The third kappa shape index (κ3) is 1.91. The summed E-state index contributed by atoms with van der Waals surface area (Å²) in [5.41, 5.74) is 2.31. The lowest BCUT2D eigenvalue weighted by Crippen LogP contribution is -2.56. The molecule has 114 valence electrons. The fourth-order valence-corrected chi connectivity index (χ4v) is 6.83. The van der Waals surface area contributed by atoms with E-state index in [1.807, 2.05) is 6.07 Å². The van der Waals surface area contributed by atoms with E-state index in [9.17, 15) is 5.11 Å². The molecule has 2 nitrogen and oxygen atoms in total. The standard InChI is InChI=1S/C19H26O2/c1-17-7-13-8-18(2,10-17)12-19(9-13,11-17)15-5-4-14(21-3)6-16(15)20/h4-6,13,20H,7-12H2,1-3H3. The number of ether oxygens (including phenoxy) is 1. The van der Waals surface area contributed by atoms with Gasteiger partial charge in [-0.3, -0.25) is 0 Å². The zero-order chi connectivity index (χ0) is 14.9. The van der Waals surface area contributed by atoms with Crippen molar-refractivity contribution >= 4 is 0 Å². The Kier molecular flexibility index (Phi) is 2.55. The molecular formula is C19H26O2. The molecule has 4 aliphatic rings. The molecule has 4 aliphatic carbocycles. The van der Waals surface area contributed by atoms with E-state index in [4.69, 9.17) is 4.74 Å². The molecule has 4 bridgehead atoms. The highest BCUT2D eigenvalue weighted by molar-refractivity contribution is 5.46. The number of hydrogen-bond acceptors (Lipinski definition) is 2. The fourth-order valence-electron chi connectivity index (χ4n) is 6.83. The number of phenolic OH excluding ortho intramolecular Hbond substituents is 1. The average Bonchev–Trinajstić information content (AvgIpc) is 2.33.